The summed E-state index contributed by atoms with van der Waals surface area (Å²) in [6.45, 7) is 4.29. The van der Waals surface area contributed by atoms with Crippen molar-refractivity contribution in [2.45, 2.75) is 39.5 Å². The Balaban J connectivity index is 0.000000140. The van der Waals surface area contributed by atoms with Crippen LogP contribution in [0.25, 0.3) is 22.3 Å². The summed E-state index contributed by atoms with van der Waals surface area (Å²) in [6, 6.07) is 30.6. The minimum absolute atomic E-state index is 1.12. The molecule has 0 aromatic heterocycles. The van der Waals surface area contributed by atoms with E-state index in [2.05, 4.69) is 111 Å². The summed E-state index contributed by atoms with van der Waals surface area (Å²) < 4.78 is 0. The number of aryl methyl sites for hydroxylation is 3. The van der Waals surface area contributed by atoms with Crippen LogP contribution in [0.4, 0.5) is 0 Å². The second-order valence-corrected chi connectivity index (χ2v) is 8.95. The Kier molecular flexibility index (Phi) is 5.77. The van der Waals surface area contributed by atoms with Crippen LogP contribution >= 0.6 is 0 Å². The van der Waals surface area contributed by atoms with Gasteiger partial charge in [-0.25, -0.2) is 0 Å². The van der Waals surface area contributed by atoms with Crippen molar-refractivity contribution in [3.8, 4) is 22.3 Å². The van der Waals surface area contributed by atoms with Crippen molar-refractivity contribution in [2.75, 3.05) is 0 Å². The van der Waals surface area contributed by atoms with Crippen molar-refractivity contribution in [2.24, 2.45) is 0 Å². The fraction of sp³-hybridized carbons (Fsp3) is 0.188. The number of benzene rings is 4. The molecule has 0 N–H and O–H groups in total. The molecule has 0 aliphatic heterocycles. The van der Waals surface area contributed by atoms with Gasteiger partial charge < -0.3 is 0 Å². The zero-order chi connectivity index (χ0) is 21.9. The Morgan fingerprint density at radius 3 is 2.19 bits per heavy atom. The lowest BCUT2D eigenvalue weighted by Gasteiger charge is -2.25. The van der Waals surface area contributed by atoms with Gasteiger partial charge in [0.05, 0.1) is 0 Å². The molecular formula is C32H30. The van der Waals surface area contributed by atoms with Crippen molar-refractivity contribution in [1.82, 2.24) is 0 Å². The molecule has 4 aromatic carbocycles. The first-order valence-corrected chi connectivity index (χ1v) is 11.7. The SMILES string of the molecule is C1=CCc2c(ccc3c2CCc2ccccc2-3)C1.Cc1ccc(C)c(-c2ccccc2)c1. The molecule has 2 aliphatic rings. The van der Waals surface area contributed by atoms with Gasteiger partial charge in [-0.05, 0) is 89.6 Å². The van der Waals surface area contributed by atoms with Gasteiger partial charge in [-0.3, -0.25) is 0 Å². The van der Waals surface area contributed by atoms with Crippen LogP contribution in [0.3, 0.4) is 0 Å². The van der Waals surface area contributed by atoms with Crippen LogP contribution in [-0.2, 0) is 25.7 Å². The van der Waals surface area contributed by atoms with Gasteiger partial charge in [0.1, 0.15) is 0 Å². The number of hydrogen-bond donors (Lipinski definition) is 0. The molecule has 0 nitrogen and oxygen atoms in total. The maximum absolute atomic E-state index is 2.34. The average molecular weight is 415 g/mol. The minimum Gasteiger partial charge on any atom is -0.0838 e. The molecule has 0 fully saturated rings. The van der Waals surface area contributed by atoms with Crippen molar-refractivity contribution in [1.29, 1.82) is 0 Å². The van der Waals surface area contributed by atoms with Gasteiger partial charge in [0.25, 0.3) is 0 Å². The lowest BCUT2D eigenvalue weighted by molar-refractivity contribution is 0.908. The second-order valence-electron chi connectivity index (χ2n) is 8.95. The van der Waals surface area contributed by atoms with Crippen LogP contribution in [0.2, 0.25) is 0 Å². The van der Waals surface area contributed by atoms with Crippen LogP contribution in [0.15, 0.2) is 97.1 Å². The fourth-order valence-corrected chi connectivity index (χ4v) is 5.06. The second kappa shape index (κ2) is 9.01. The van der Waals surface area contributed by atoms with Crippen molar-refractivity contribution < 1.29 is 0 Å². The van der Waals surface area contributed by atoms with Gasteiger partial charge in [-0.2, -0.15) is 0 Å². The average Bonchev–Trinajstić information content (AvgIpc) is 2.86. The number of rotatable bonds is 1. The molecule has 0 heterocycles. The fourth-order valence-electron chi connectivity index (χ4n) is 5.06. The molecule has 0 saturated carbocycles. The molecule has 0 unspecified atom stereocenters. The third kappa shape index (κ3) is 4.06. The first kappa shape index (κ1) is 20.5. The summed E-state index contributed by atoms with van der Waals surface area (Å²) >= 11 is 0. The Morgan fingerprint density at radius 2 is 1.31 bits per heavy atom. The topological polar surface area (TPSA) is 0 Å². The van der Waals surface area contributed by atoms with Gasteiger partial charge in [0.15, 0.2) is 0 Å². The molecule has 0 saturated heterocycles. The number of allylic oxidation sites excluding steroid dienone is 2. The Hall–Kier alpha value is -3.38. The first-order chi connectivity index (χ1) is 15.7. The van der Waals surface area contributed by atoms with E-state index in [9.17, 15) is 0 Å². The third-order valence-electron chi connectivity index (χ3n) is 6.78. The molecule has 4 aromatic rings. The molecule has 6 rings (SSSR count). The maximum Gasteiger partial charge on any atom is -0.00915 e. The van der Waals surface area contributed by atoms with Gasteiger partial charge >= 0.3 is 0 Å². The first-order valence-electron chi connectivity index (χ1n) is 11.7. The highest BCUT2D eigenvalue weighted by atomic mass is 14.2. The predicted octanol–water partition coefficient (Wildman–Crippen LogP) is 8.08. The molecule has 0 heteroatoms. The van der Waals surface area contributed by atoms with Crippen molar-refractivity contribution >= 4 is 0 Å². The van der Waals surface area contributed by atoms with Crippen LogP contribution < -0.4 is 0 Å². The van der Waals surface area contributed by atoms with E-state index in [0.29, 0.717) is 0 Å². The molecule has 0 radical (unpaired) electrons. The highest BCUT2D eigenvalue weighted by Gasteiger charge is 2.20. The molecule has 32 heavy (non-hydrogen) atoms. The van der Waals surface area contributed by atoms with Crippen molar-refractivity contribution in [3.05, 3.63) is 130 Å². The molecule has 0 bridgehead atoms. The maximum atomic E-state index is 2.34. The highest BCUT2D eigenvalue weighted by molar-refractivity contribution is 5.75. The zero-order valence-electron chi connectivity index (χ0n) is 19.1. The normalized spacial score (nSPS) is 13.3. The Labute approximate surface area is 192 Å². The summed E-state index contributed by atoms with van der Waals surface area (Å²) in [4.78, 5) is 0. The van der Waals surface area contributed by atoms with Crippen LogP contribution in [0, 0.1) is 13.8 Å². The van der Waals surface area contributed by atoms with E-state index in [4.69, 9.17) is 0 Å². The summed E-state index contributed by atoms with van der Waals surface area (Å²) in [5.41, 5.74) is 14.5. The predicted molar refractivity (Wildman–Crippen MR) is 137 cm³/mol. The summed E-state index contributed by atoms with van der Waals surface area (Å²) in [7, 11) is 0. The smallest absolute Gasteiger partial charge is 0.00915 e. The van der Waals surface area contributed by atoms with E-state index in [0.717, 1.165) is 12.8 Å². The van der Waals surface area contributed by atoms with E-state index in [-0.39, 0.29) is 0 Å². The molecule has 158 valence electrons. The summed E-state index contributed by atoms with van der Waals surface area (Å²) in [6.07, 6.45) is 9.27. The zero-order valence-corrected chi connectivity index (χ0v) is 19.1. The Morgan fingerprint density at radius 1 is 0.531 bits per heavy atom. The molecule has 0 spiro atoms. The third-order valence-corrected chi connectivity index (χ3v) is 6.78. The van der Waals surface area contributed by atoms with Crippen LogP contribution in [0.1, 0.15) is 33.4 Å². The minimum atomic E-state index is 1.12. The lowest BCUT2D eigenvalue weighted by atomic mass is 9.79. The molecule has 0 atom stereocenters. The van der Waals surface area contributed by atoms with Gasteiger partial charge in [-0.15, -0.1) is 0 Å². The molecule has 2 aliphatic carbocycles. The Bertz CT molecular complexity index is 1270. The van der Waals surface area contributed by atoms with E-state index < -0.39 is 0 Å². The van der Waals surface area contributed by atoms with Gasteiger partial charge in [0.2, 0.25) is 0 Å². The molecular weight excluding hydrogens is 384 g/mol. The number of fused-ring (bicyclic) bond motifs is 5. The monoisotopic (exact) mass is 414 g/mol. The summed E-state index contributed by atoms with van der Waals surface area (Å²) in [5.74, 6) is 0. The van der Waals surface area contributed by atoms with Crippen LogP contribution in [-0.4, -0.2) is 0 Å². The van der Waals surface area contributed by atoms with Crippen LogP contribution in [0.5, 0.6) is 0 Å². The van der Waals surface area contributed by atoms with Crippen molar-refractivity contribution in [3.63, 3.8) is 0 Å². The van der Waals surface area contributed by atoms with Gasteiger partial charge in [0, 0.05) is 0 Å². The summed E-state index contributed by atoms with van der Waals surface area (Å²) in [5, 5.41) is 0. The largest absolute Gasteiger partial charge is 0.0838 e. The quantitative estimate of drug-likeness (QED) is 0.276. The highest BCUT2D eigenvalue weighted by Crippen LogP contribution is 2.37. The number of hydrogen-bond acceptors (Lipinski definition) is 0. The van der Waals surface area contributed by atoms with E-state index in [1.165, 1.54) is 57.3 Å². The van der Waals surface area contributed by atoms with E-state index >= 15 is 0 Å². The molecule has 0 amide bonds. The van der Waals surface area contributed by atoms with E-state index in [1.54, 1.807) is 11.1 Å². The lowest BCUT2D eigenvalue weighted by Crippen LogP contribution is -2.10. The standard InChI is InChI=1S/C18H16.C14H14/c1-3-7-15-13(5-1)9-11-18-16-8-4-2-6-14(16)10-12-17(15)18;1-11-8-9-12(2)14(10-11)13-6-4-3-5-7-13/h1-5,7,10,12H,6,8-9,11H2;3-10H,1-2H3. The van der Waals surface area contributed by atoms with Gasteiger partial charge in [-0.1, -0.05) is 103 Å². The van der Waals surface area contributed by atoms with E-state index in [1.807, 2.05) is 0 Å².